The maximum absolute atomic E-state index is 14.5. The molecule has 0 aliphatic heterocycles. The van der Waals surface area contributed by atoms with E-state index in [1.165, 1.54) is 11.1 Å². The molecule has 1 aromatic rings. The molecule has 0 saturated heterocycles. The molecule has 0 bridgehead atoms. The Morgan fingerprint density at radius 2 is 1.90 bits per heavy atom. The van der Waals surface area contributed by atoms with E-state index in [2.05, 4.69) is 12.1 Å². The first-order valence-electron chi connectivity index (χ1n) is 10.6. The van der Waals surface area contributed by atoms with E-state index in [-0.39, 0.29) is 24.7 Å². The third-order valence-corrected chi connectivity index (χ3v) is 6.31. The first-order chi connectivity index (χ1) is 14.0. The molecule has 0 aromatic heterocycles. The molecule has 4 nitrogen and oxygen atoms in total. The lowest BCUT2D eigenvalue weighted by Crippen LogP contribution is -2.21. The molecular weight excluding hydrogens is 371 g/mol. The summed E-state index contributed by atoms with van der Waals surface area (Å²) in [6.07, 6.45) is 8.57. The van der Waals surface area contributed by atoms with Gasteiger partial charge in [0.2, 0.25) is 0 Å². The number of allylic oxidation sites excluding steroid dienone is 3. The van der Waals surface area contributed by atoms with Crippen molar-refractivity contribution in [3.63, 3.8) is 0 Å². The molecule has 3 N–H and O–H groups in total. The lowest BCUT2D eigenvalue weighted by Gasteiger charge is -2.20. The lowest BCUT2D eigenvalue weighted by molar-refractivity contribution is -0.137. The second kappa shape index (κ2) is 10.2. The molecule has 3 rings (SSSR count). The Morgan fingerprint density at radius 3 is 2.55 bits per heavy atom. The Morgan fingerprint density at radius 1 is 1.21 bits per heavy atom. The van der Waals surface area contributed by atoms with E-state index in [1.807, 2.05) is 24.3 Å². The number of halogens is 1. The summed E-state index contributed by atoms with van der Waals surface area (Å²) in [5.74, 6) is -1.32. The third kappa shape index (κ3) is 5.77. The van der Waals surface area contributed by atoms with Crippen LogP contribution < -0.4 is 0 Å². The second-order valence-electron chi connectivity index (χ2n) is 8.37. The summed E-state index contributed by atoms with van der Waals surface area (Å²) in [5.41, 5.74) is 2.55. The summed E-state index contributed by atoms with van der Waals surface area (Å²) in [6, 6.07) is 8.21. The van der Waals surface area contributed by atoms with E-state index < -0.39 is 30.3 Å². The van der Waals surface area contributed by atoms with E-state index in [1.54, 1.807) is 12.2 Å². The summed E-state index contributed by atoms with van der Waals surface area (Å²) >= 11 is 0. The second-order valence-corrected chi connectivity index (χ2v) is 8.37. The predicted molar refractivity (Wildman–Crippen MR) is 110 cm³/mol. The van der Waals surface area contributed by atoms with Gasteiger partial charge in [-0.05, 0) is 55.1 Å². The number of carboxylic acid groups (broad SMARTS) is 1. The monoisotopic (exact) mass is 402 g/mol. The van der Waals surface area contributed by atoms with Gasteiger partial charge in [0.25, 0.3) is 0 Å². The van der Waals surface area contributed by atoms with E-state index >= 15 is 0 Å². The van der Waals surface area contributed by atoms with Crippen molar-refractivity contribution in [3.8, 4) is 0 Å². The van der Waals surface area contributed by atoms with Gasteiger partial charge < -0.3 is 15.3 Å². The smallest absolute Gasteiger partial charge is 0.303 e. The molecule has 2 aliphatic rings. The van der Waals surface area contributed by atoms with Gasteiger partial charge in [-0.25, -0.2) is 4.39 Å². The number of alkyl halides is 1. The predicted octanol–water partition coefficient (Wildman–Crippen LogP) is 3.85. The summed E-state index contributed by atoms with van der Waals surface area (Å²) in [7, 11) is 0. The number of fused-ring (bicyclic) bond motifs is 1. The van der Waals surface area contributed by atoms with E-state index in [0.717, 1.165) is 12.8 Å². The van der Waals surface area contributed by atoms with Crippen molar-refractivity contribution in [2.45, 2.75) is 63.3 Å². The highest BCUT2D eigenvalue weighted by atomic mass is 19.1. The lowest BCUT2D eigenvalue weighted by atomic mass is 9.89. The molecule has 1 fully saturated rings. The molecule has 1 saturated carbocycles. The molecule has 0 unspecified atom stereocenters. The van der Waals surface area contributed by atoms with Crippen LogP contribution in [-0.2, 0) is 17.6 Å². The zero-order valence-corrected chi connectivity index (χ0v) is 16.7. The standard InChI is InChI=1S/C24H31FO4/c25-21-15-23(27)20(9-3-1-2-4-10-24(28)29)19(21)11-12-22(26)18-13-16-7-5-6-8-17(16)14-18/h1,3,5-8,11-12,18-23,26-27H,2,4,9-10,13-15H2,(H,28,29)/b3-1+,12-11?/t19-,20-,21+,22+,23+/m1/s1. The van der Waals surface area contributed by atoms with Gasteiger partial charge >= 0.3 is 5.97 Å². The summed E-state index contributed by atoms with van der Waals surface area (Å²) in [6.45, 7) is 0. The SMILES string of the molecule is O=C(O)CCC/C=C/C[C@@H]1[C@@H](C=C[C@H](O)C2Cc3ccccc3C2)[C@@H](F)C[C@@H]1O. The van der Waals surface area contributed by atoms with Gasteiger partial charge in [0, 0.05) is 18.8 Å². The van der Waals surface area contributed by atoms with E-state index in [0.29, 0.717) is 19.3 Å². The highest BCUT2D eigenvalue weighted by molar-refractivity contribution is 5.66. The molecule has 158 valence electrons. The van der Waals surface area contributed by atoms with Crippen molar-refractivity contribution >= 4 is 5.97 Å². The van der Waals surface area contributed by atoms with Crippen molar-refractivity contribution in [1.82, 2.24) is 0 Å². The van der Waals surface area contributed by atoms with Gasteiger partial charge in [-0.1, -0.05) is 48.6 Å². The number of benzene rings is 1. The minimum absolute atomic E-state index is 0.112. The van der Waals surface area contributed by atoms with Crippen LogP contribution in [0.25, 0.3) is 0 Å². The van der Waals surface area contributed by atoms with Crippen molar-refractivity contribution in [2.75, 3.05) is 0 Å². The molecule has 0 spiro atoms. The number of unbranched alkanes of at least 4 members (excludes halogenated alkanes) is 1. The topological polar surface area (TPSA) is 77.8 Å². The minimum atomic E-state index is -1.11. The van der Waals surface area contributed by atoms with Gasteiger partial charge in [0.15, 0.2) is 0 Å². The summed E-state index contributed by atoms with van der Waals surface area (Å²) < 4.78 is 14.5. The molecule has 2 aliphatic carbocycles. The van der Waals surface area contributed by atoms with Crippen LogP contribution in [0.15, 0.2) is 48.6 Å². The van der Waals surface area contributed by atoms with Gasteiger partial charge in [0.1, 0.15) is 6.17 Å². The Bertz CT molecular complexity index is 719. The van der Waals surface area contributed by atoms with Crippen LogP contribution in [0.1, 0.15) is 43.2 Å². The van der Waals surface area contributed by atoms with Crippen LogP contribution in [0, 0.1) is 17.8 Å². The average Bonchev–Trinajstić information content (AvgIpc) is 3.23. The highest BCUT2D eigenvalue weighted by Gasteiger charge is 2.40. The highest BCUT2D eigenvalue weighted by Crippen LogP contribution is 2.38. The molecule has 5 atom stereocenters. The molecule has 0 amide bonds. The Hall–Kier alpha value is -1.98. The van der Waals surface area contributed by atoms with Gasteiger partial charge in [0.05, 0.1) is 12.2 Å². The maximum Gasteiger partial charge on any atom is 0.303 e. The average molecular weight is 403 g/mol. The van der Waals surface area contributed by atoms with Crippen molar-refractivity contribution in [1.29, 1.82) is 0 Å². The van der Waals surface area contributed by atoms with Crippen molar-refractivity contribution in [2.24, 2.45) is 17.8 Å². The third-order valence-electron chi connectivity index (χ3n) is 6.31. The number of aliphatic carboxylic acids is 1. The molecule has 1 aromatic carbocycles. The number of aliphatic hydroxyl groups excluding tert-OH is 2. The van der Waals surface area contributed by atoms with E-state index in [9.17, 15) is 19.4 Å². The Labute approximate surface area is 171 Å². The van der Waals surface area contributed by atoms with Crippen molar-refractivity contribution in [3.05, 3.63) is 59.7 Å². The van der Waals surface area contributed by atoms with Crippen LogP contribution in [-0.4, -0.2) is 39.7 Å². The molecule has 29 heavy (non-hydrogen) atoms. The van der Waals surface area contributed by atoms with Crippen LogP contribution in [0.5, 0.6) is 0 Å². The number of carbonyl (C=O) groups is 1. The van der Waals surface area contributed by atoms with Crippen LogP contribution >= 0.6 is 0 Å². The molecular formula is C24H31FO4. The fourth-order valence-electron chi connectivity index (χ4n) is 4.64. The quantitative estimate of drug-likeness (QED) is 0.433. The first kappa shape index (κ1) is 21.7. The van der Waals surface area contributed by atoms with Crippen LogP contribution in [0.2, 0.25) is 0 Å². The van der Waals surface area contributed by atoms with Gasteiger partial charge in [-0.15, -0.1) is 0 Å². The first-order valence-corrected chi connectivity index (χ1v) is 10.6. The molecule has 0 heterocycles. The minimum Gasteiger partial charge on any atom is -0.481 e. The van der Waals surface area contributed by atoms with Crippen molar-refractivity contribution < 1.29 is 24.5 Å². The Balaban J connectivity index is 1.53. The van der Waals surface area contributed by atoms with Gasteiger partial charge in [-0.2, -0.15) is 0 Å². The Kier molecular flexibility index (Phi) is 7.62. The molecule has 0 radical (unpaired) electrons. The zero-order valence-electron chi connectivity index (χ0n) is 16.7. The van der Waals surface area contributed by atoms with Crippen LogP contribution in [0.4, 0.5) is 4.39 Å². The number of hydrogen-bond acceptors (Lipinski definition) is 3. The molecule has 5 heteroatoms. The number of aliphatic hydroxyl groups is 2. The summed E-state index contributed by atoms with van der Waals surface area (Å²) in [5, 5.41) is 29.5. The fourth-order valence-corrected chi connectivity index (χ4v) is 4.64. The largest absolute Gasteiger partial charge is 0.481 e. The van der Waals surface area contributed by atoms with E-state index in [4.69, 9.17) is 5.11 Å². The fraction of sp³-hybridized carbons (Fsp3) is 0.542. The van der Waals surface area contributed by atoms with Crippen LogP contribution in [0.3, 0.4) is 0 Å². The number of rotatable bonds is 9. The number of carboxylic acids is 1. The normalized spacial score (nSPS) is 28.4. The zero-order chi connectivity index (χ0) is 20.8. The maximum atomic E-state index is 14.5. The van der Waals surface area contributed by atoms with Gasteiger partial charge in [-0.3, -0.25) is 4.79 Å². The summed E-state index contributed by atoms with van der Waals surface area (Å²) in [4.78, 5) is 10.5. The number of hydrogen-bond donors (Lipinski definition) is 3.